The summed E-state index contributed by atoms with van der Waals surface area (Å²) in [6, 6.07) is 47.8. The molecular weight excluding hydrogens is 610 g/mol. The Morgan fingerprint density at radius 2 is 1.10 bits per heavy atom. The first-order chi connectivity index (χ1) is 24.0. The van der Waals surface area contributed by atoms with E-state index in [9.17, 15) is 14.7 Å². The molecule has 0 spiro atoms. The van der Waals surface area contributed by atoms with Gasteiger partial charge in [-0.25, -0.2) is 4.79 Å². The Balaban J connectivity index is 1.38. The van der Waals surface area contributed by atoms with Gasteiger partial charge in [-0.1, -0.05) is 152 Å². The maximum atomic E-state index is 14.5. The highest BCUT2D eigenvalue weighted by molar-refractivity contribution is 5.90. The maximum Gasteiger partial charge on any atom is 0.412 e. The zero-order valence-corrected chi connectivity index (χ0v) is 27.8. The van der Waals surface area contributed by atoms with Gasteiger partial charge in [0, 0.05) is 25.7 Å². The fourth-order valence-electron chi connectivity index (χ4n) is 6.67. The average Bonchev–Trinajstić information content (AvgIpc) is 3.39. The van der Waals surface area contributed by atoms with Crippen LogP contribution >= 0.6 is 0 Å². The first-order valence-electron chi connectivity index (χ1n) is 16.9. The van der Waals surface area contributed by atoms with Crippen LogP contribution in [0.2, 0.25) is 0 Å². The predicted molar refractivity (Wildman–Crippen MR) is 191 cm³/mol. The molecule has 1 fully saturated rings. The largest absolute Gasteiger partial charge is 0.444 e. The van der Waals surface area contributed by atoms with Gasteiger partial charge in [0.25, 0.3) is 0 Å². The number of hydrogen-bond donors (Lipinski definition) is 1. The number of amides is 2. The zero-order valence-electron chi connectivity index (χ0n) is 27.8. The monoisotopic (exact) mass is 653 g/mol. The lowest BCUT2D eigenvalue weighted by molar-refractivity contribution is -0.134. The van der Waals surface area contributed by atoms with Crippen LogP contribution in [0, 0.1) is 0 Å². The van der Waals surface area contributed by atoms with Gasteiger partial charge in [0.1, 0.15) is 18.8 Å². The van der Waals surface area contributed by atoms with Gasteiger partial charge < -0.3 is 14.7 Å². The molecule has 250 valence electrons. The van der Waals surface area contributed by atoms with Crippen molar-refractivity contribution in [1.82, 2.24) is 14.7 Å². The lowest BCUT2D eigenvalue weighted by Crippen LogP contribution is -2.57. The van der Waals surface area contributed by atoms with Gasteiger partial charge in [-0.3, -0.25) is 14.6 Å². The highest BCUT2D eigenvalue weighted by atomic mass is 16.6. The Morgan fingerprint density at radius 3 is 1.59 bits per heavy atom. The second-order valence-electron chi connectivity index (χ2n) is 12.6. The third-order valence-electron chi connectivity index (χ3n) is 9.23. The van der Waals surface area contributed by atoms with Gasteiger partial charge in [-0.05, 0) is 41.2 Å². The molecule has 1 saturated heterocycles. The quantitative estimate of drug-likeness (QED) is 0.147. The smallest absolute Gasteiger partial charge is 0.412 e. The van der Waals surface area contributed by atoms with E-state index >= 15 is 0 Å². The number of aliphatic hydroxyl groups excluding tert-OH is 1. The van der Waals surface area contributed by atoms with Crippen molar-refractivity contribution in [2.45, 2.75) is 63.9 Å². The SMILES string of the molecule is CC1N(Cc2ccccc2)C(=O)C(C(O)[C@H](Cc2ccccc2)N(Cc2ccccc2)Cc2ccccc2)N1C(=O)OCc1ccccc1. The van der Waals surface area contributed by atoms with Crippen LogP contribution in [0.15, 0.2) is 152 Å². The minimum atomic E-state index is -1.24. The van der Waals surface area contributed by atoms with Crippen LogP contribution in [-0.4, -0.2) is 56.2 Å². The van der Waals surface area contributed by atoms with Gasteiger partial charge in [0.05, 0.1) is 6.10 Å². The molecule has 0 saturated carbocycles. The van der Waals surface area contributed by atoms with Gasteiger partial charge in [-0.2, -0.15) is 0 Å². The summed E-state index contributed by atoms with van der Waals surface area (Å²) in [5, 5.41) is 12.6. The standard InChI is InChI=1S/C42H43N3O4/c1-32-44(30-36-23-13-5-14-24-36)41(47)39(45(32)42(48)49-31-37-25-15-6-16-26-37)40(46)38(27-33-17-7-2-8-18-33)43(28-34-19-9-3-10-20-34)29-35-21-11-4-12-22-35/h2-26,32,38-40,46H,27-31H2,1H3/t32?,38-,39?,40?/m0/s1. The van der Waals surface area contributed by atoms with Gasteiger partial charge in [0.2, 0.25) is 5.91 Å². The fourth-order valence-corrected chi connectivity index (χ4v) is 6.67. The van der Waals surface area contributed by atoms with E-state index in [2.05, 4.69) is 29.2 Å². The molecule has 2 amide bonds. The molecule has 1 aliphatic heterocycles. The van der Waals surface area contributed by atoms with Crippen LogP contribution in [0.3, 0.4) is 0 Å². The van der Waals surface area contributed by atoms with Gasteiger partial charge >= 0.3 is 6.09 Å². The number of carbonyl (C=O) groups excluding carboxylic acids is 2. The Hall–Kier alpha value is -5.24. The summed E-state index contributed by atoms with van der Waals surface area (Å²) < 4.78 is 5.84. The van der Waals surface area contributed by atoms with E-state index in [4.69, 9.17) is 4.74 Å². The first kappa shape index (κ1) is 33.7. The van der Waals surface area contributed by atoms with E-state index < -0.39 is 30.4 Å². The summed E-state index contributed by atoms with van der Waals surface area (Å²) >= 11 is 0. The van der Waals surface area contributed by atoms with E-state index in [1.807, 2.05) is 134 Å². The predicted octanol–water partition coefficient (Wildman–Crippen LogP) is 7.06. The van der Waals surface area contributed by atoms with Crippen LogP contribution in [0.1, 0.15) is 34.7 Å². The van der Waals surface area contributed by atoms with Crippen LogP contribution in [-0.2, 0) is 42.2 Å². The van der Waals surface area contributed by atoms with Crippen molar-refractivity contribution in [2.24, 2.45) is 0 Å². The zero-order chi connectivity index (χ0) is 34.0. The number of ether oxygens (including phenoxy) is 1. The molecule has 5 aromatic rings. The van der Waals surface area contributed by atoms with Crippen molar-refractivity contribution >= 4 is 12.0 Å². The molecule has 0 bridgehead atoms. The molecule has 7 heteroatoms. The molecule has 4 atom stereocenters. The Kier molecular flexibility index (Phi) is 11.2. The summed E-state index contributed by atoms with van der Waals surface area (Å²) in [6.45, 7) is 3.25. The summed E-state index contributed by atoms with van der Waals surface area (Å²) in [5.74, 6) is -0.307. The lowest BCUT2D eigenvalue weighted by Gasteiger charge is -2.39. The number of benzene rings is 5. The second kappa shape index (κ2) is 16.2. The Bertz CT molecular complexity index is 1720. The molecular formula is C42H43N3O4. The van der Waals surface area contributed by atoms with Crippen LogP contribution in [0.5, 0.6) is 0 Å². The van der Waals surface area contributed by atoms with E-state index in [1.165, 1.54) is 4.90 Å². The van der Waals surface area contributed by atoms with Crippen molar-refractivity contribution in [1.29, 1.82) is 0 Å². The number of nitrogens with zero attached hydrogens (tertiary/aromatic N) is 3. The summed E-state index contributed by atoms with van der Waals surface area (Å²) in [7, 11) is 0. The minimum absolute atomic E-state index is 0.0557. The molecule has 3 unspecified atom stereocenters. The van der Waals surface area contributed by atoms with E-state index in [0.29, 0.717) is 26.1 Å². The third kappa shape index (κ3) is 8.44. The maximum absolute atomic E-state index is 14.5. The van der Waals surface area contributed by atoms with Crippen molar-refractivity contribution in [3.05, 3.63) is 179 Å². The number of rotatable bonds is 13. The number of aliphatic hydroxyl groups is 1. The van der Waals surface area contributed by atoms with Crippen LogP contribution in [0.25, 0.3) is 0 Å². The summed E-state index contributed by atoms with van der Waals surface area (Å²) in [6.07, 6.45) is -2.07. The van der Waals surface area contributed by atoms with Crippen molar-refractivity contribution in [3.63, 3.8) is 0 Å². The van der Waals surface area contributed by atoms with Crippen LogP contribution < -0.4 is 0 Å². The highest BCUT2D eigenvalue weighted by Gasteiger charge is 2.52. The molecule has 49 heavy (non-hydrogen) atoms. The normalized spacial score (nSPS) is 17.2. The topological polar surface area (TPSA) is 73.3 Å². The highest BCUT2D eigenvalue weighted by Crippen LogP contribution is 2.31. The molecule has 7 nitrogen and oxygen atoms in total. The van der Waals surface area contributed by atoms with E-state index in [0.717, 1.165) is 27.8 Å². The average molecular weight is 654 g/mol. The molecule has 1 N–H and O–H groups in total. The van der Waals surface area contributed by atoms with Crippen molar-refractivity contribution in [2.75, 3.05) is 0 Å². The summed E-state index contributed by atoms with van der Waals surface area (Å²) in [5.41, 5.74) is 4.96. The van der Waals surface area contributed by atoms with Gasteiger partial charge in [-0.15, -0.1) is 0 Å². The fraction of sp³-hybridized carbons (Fsp3) is 0.238. The van der Waals surface area contributed by atoms with Crippen molar-refractivity contribution in [3.8, 4) is 0 Å². The minimum Gasteiger partial charge on any atom is -0.444 e. The third-order valence-corrected chi connectivity index (χ3v) is 9.23. The van der Waals surface area contributed by atoms with E-state index in [1.54, 1.807) is 4.90 Å². The first-order valence-corrected chi connectivity index (χ1v) is 16.9. The molecule has 0 radical (unpaired) electrons. The lowest BCUT2D eigenvalue weighted by atomic mass is 9.93. The molecule has 1 heterocycles. The Morgan fingerprint density at radius 1 is 0.673 bits per heavy atom. The second-order valence-corrected chi connectivity index (χ2v) is 12.6. The molecule has 1 aliphatic rings. The summed E-state index contributed by atoms with van der Waals surface area (Å²) in [4.78, 5) is 33.9. The molecule has 0 aromatic heterocycles. The number of hydrogen-bond acceptors (Lipinski definition) is 5. The molecule has 6 rings (SSSR count). The van der Waals surface area contributed by atoms with Crippen molar-refractivity contribution < 1.29 is 19.4 Å². The van der Waals surface area contributed by atoms with Crippen LogP contribution in [0.4, 0.5) is 4.79 Å². The Labute approximate surface area is 289 Å². The molecule has 0 aliphatic carbocycles. The number of carbonyl (C=O) groups is 2. The molecule has 5 aromatic carbocycles. The van der Waals surface area contributed by atoms with Gasteiger partial charge in [0.15, 0.2) is 0 Å². The van der Waals surface area contributed by atoms with E-state index in [-0.39, 0.29) is 12.5 Å².